The number of benzene rings is 1. The number of hydrogen-bond acceptors (Lipinski definition) is 4. The molecule has 1 aromatic rings. The number of ether oxygens (including phenoxy) is 2. The number of carbonyl (C=O) groups excluding carboxylic acids is 1. The van der Waals surface area contributed by atoms with Crippen molar-refractivity contribution >= 4 is 5.91 Å². The molecule has 0 bridgehead atoms. The van der Waals surface area contributed by atoms with Gasteiger partial charge in [0.25, 0.3) is 5.91 Å². The van der Waals surface area contributed by atoms with Gasteiger partial charge < -0.3 is 19.7 Å². The summed E-state index contributed by atoms with van der Waals surface area (Å²) >= 11 is 0. The van der Waals surface area contributed by atoms with Crippen LogP contribution in [-0.2, 0) is 0 Å². The van der Waals surface area contributed by atoms with Crippen LogP contribution in [0.3, 0.4) is 0 Å². The first kappa shape index (κ1) is 14.7. The minimum atomic E-state index is 0.0167. The summed E-state index contributed by atoms with van der Waals surface area (Å²) in [5.41, 5.74) is 0.599. The molecule has 1 amide bonds. The highest BCUT2D eigenvalue weighted by atomic mass is 16.5. The van der Waals surface area contributed by atoms with Crippen molar-refractivity contribution in [3.8, 4) is 11.5 Å². The van der Waals surface area contributed by atoms with Crippen LogP contribution in [0.2, 0.25) is 0 Å². The van der Waals surface area contributed by atoms with Crippen LogP contribution in [0.25, 0.3) is 0 Å². The Kier molecular flexibility index (Phi) is 4.49. The second-order valence-electron chi connectivity index (χ2n) is 5.22. The van der Waals surface area contributed by atoms with E-state index in [-0.39, 0.29) is 11.9 Å². The molecular formula is C15H22N2O3. The Morgan fingerprint density at radius 3 is 2.35 bits per heavy atom. The smallest absolute Gasteiger partial charge is 0.254 e. The van der Waals surface area contributed by atoms with E-state index in [1.54, 1.807) is 32.4 Å². The maximum absolute atomic E-state index is 12.7. The lowest BCUT2D eigenvalue weighted by Crippen LogP contribution is -2.56. The summed E-state index contributed by atoms with van der Waals surface area (Å²) in [6.07, 6.45) is 0. The van der Waals surface area contributed by atoms with Gasteiger partial charge in [-0.1, -0.05) is 0 Å². The fourth-order valence-electron chi connectivity index (χ4n) is 2.40. The molecular weight excluding hydrogens is 256 g/mol. The fourth-order valence-corrected chi connectivity index (χ4v) is 2.40. The van der Waals surface area contributed by atoms with E-state index in [1.165, 1.54) is 0 Å². The third-order valence-electron chi connectivity index (χ3n) is 3.62. The average molecular weight is 278 g/mol. The van der Waals surface area contributed by atoms with E-state index in [0.717, 1.165) is 6.54 Å². The molecule has 0 saturated carbocycles. The highest BCUT2D eigenvalue weighted by Gasteiger charge is 2.27. The van der Waals surface area contributed by atoms with E-state index in [9.17, 15) is 4.79 Å². The van der Waals surface area contributed by atoms with E-state index in [4.69, 9.17) is 9.47 Å². The highest BCUT2D eigenvalue weighted by molar-refractivity contribution is 5.95. The largest absolute Gasteiger partial charge is 0.497 e. The zero-order valence-corrected chi connectivity index (χ0v) is 12.5. The molecule has 2 unspecified atom stereocenters. The van der Waals surface area contributed by atoms with Crippen LogP contribution < -0.4 is 14.8 Å². The lowest BCUT2D eigenvalue weighted by Gasteiger charge is -2.37. The molecule has 20 heavy (non-hydrogen) atoms. The molecule has 5 nitrogen and oxygen atoms in total. The maximum atomic E-state index is 12.7. The summed E-state index contributed by atoms with van der Waals surface area (Å²) in [7, 11) is 3.16. The first-order valence-electron chi connectivity index (χ1n) is 6.82. The van der Waals surface area contributed by atoms with Crippen molar-refractivity contribution in [2.75, 3.05) is 27.3 Å². The van der Waals surface area contributed by atoms with Crippen LogP contribution in [0, 0.1) is 0 Å². The molecule has 110 valence electrons. The Morgan fingerprint density at radius 2 is 1.80 bits per heavy atom. The predicted molar refractivity (Wildman–Crippen MR) is 77.5 cm³/mol. The average Bonchev–Trinajstić information content (AvgIpc) is 2.48. The van der Waals surface area contributed by atoms with Crippen LogP contribution in [-0.4, -0.2) is 50.2 Å². The van der Waals surface area contributed by atoms with Gasteiger partial charge in [0.2, 0.25) is 0 Å². The van der Waals surface area contributed by atoms with E-state index < -0.39 is 0 Å². The minimum Gasteiger partial charge on any atom is -0.497 e. The summed E-state index contributed by atoms with van der Waals surface area (Å²) in [6.45, 7) is 5.65. The third kappa shape index (κ3) is 3.04. The first-order chi connectivity index (χ1) is 9.55. The van der Waals surface area contributed by atoms with Gasteiger partial charge in [-0.15, -0.1) is 0 Å². The number of amides is 1. The van der Waals surface area contributed by atoms with Gasteiger partial charge in [0, 0.05) is 36.8 Å². The topological polar surface area (TPSA) is 50.8 Å². The lowest BCUT2D eigenvalue weighted by molar-refractivity contribution is 0.0615. The maximum Gasteiger partial charge on any atom is 0.254 e. The van der Waals surface area contributed by atoms with Crippen LogP contribution >= 0.6 is 0 Å². The molecule has 0 radical (unpaired) electrons. The van der Waals surface area contributed by atoms with Gasteiger partial charge in [0.05, 0.1) is 14.2 Å². The molecule has 1 aliphatic rings. The molecule has 1 aliphatic heterocycles. The predicted octanol–water partition coefficient (Wildman–Crippen LogP) is 1.53. The van der Waals surface area contributed by atoms with Crippen LogP contribution in [0.15, 0.2) is 18.2 Å². The lowest BCUT2D eigenvalue weighted by atomic mass is 10.1. The Bertz CT molecular complexity index is 468. The molecule has 0 spiro atoms. The molecule has 5 heteroatoms. The second kappa shape index (κ2) is 6.13. The monoisotopic (exact) mass is 278 g/mol. The van der Waals surface area contributed by atoms with Gasteiger partial charge in [0.1, 0.15) is 11.5 Å². The van der Waals surface area contributed by atoms with Gasteiger partial charge in [-0.25, -0.2) is 0 Å². The molecule has 1 N–H and O–H groups in total. The van der Waals surface area contributed by atoms with Crippen molar-refractivity contribution in [2.45, 2.75) is 25.9 Å². The molecule has 1 saturated heterocycles. The van der Waals surface area contributed by atoms with Gasteiger partial charge >= 0.3 is 0 Å². The van der Waals surface area contributed by atoms with E-state index in [1.807, 2.05) is 11.8 Å². The zero-order valence-electron chi connectivity index (χ0n) is 12.5. The van der Waals surface area contributed by atoms with Crippen molar-refractivity contribution in [1.29, 1.82) is 0 Å². The third-order valence-corrected chi connectivity index (χ3v) is 3.62. The fraction of sp³-hybridized carbons (Fsp3) is 0.533. The normalized spacial score (nSPS) is 22.5. The molecule has 1 aromatic carbocycles. The van der Waals surface area contributed by atoms with Crippen molar-refractivity contribution in [3.63, 3.8) is 0 Å². The summed E-state index contributed by atoms with van der Waals surface area (Å²) in [6, 6.07) is 5.76. The highest BCUT2D eigenvalue weighted by Crippen LogP contribution is 2.24. The Morgan fingerprint density at radius 1 is 1.20 bits per heavy atom. The van der Waals surface area contributed by atoms with Crippen molar-refractivity contribution in [1.82, 2.24) is 10.2 Å². The number of nitrogens with one attached hydrogen (secondary N) is 1. The van der Waals surface area contributed by atoms with Gasteiger partial charge in [-0.2, -0.15) is 0 Å². The second-order valence-corrected chi connectivity index (χ2v) is 5.22. The van der Waals surface area contributed by atoms with Gasteiger partial charge in [-0.3, -0.25) is 4.79 Å². The molecule has 0 aromatic heterocycles. The van der Waals surface area contributed by atoms with E-state index in [2.05, 4.69) is 12.2 Å². The Hall–Kier alpha value is -1.75. The number of rotatable bonds is 3. The van der Waals surface area contributed by atoms with Crippen LogP contribution in [0.4, 0.5) is 0 Å². The first-order valence-corrected chi connectivity index (χ1v) is 6.82. The molecule has 2 rings (SSSR count). The Labute approximate surface area is 119 Å². The molecule has 1 heterocycles. The number of hydrogen-bond donors (Lipinski definition) is 1. The number of piperazine rings is 1. The van der Waals surface area contributed by atoms with E-state index >= 15 is 0 Å². The number of nitrogens with zero attached hydrogens (tertiary/aromatic N) is 1. The summed E-state index contributed by atoms with van der Waals surface area (Å²) in [5.74, 6) is 1.27. The van der Waals surface area contributed by atoms with Gasteiger partial charge in [-0.05, 0) is 26.0 Å². The van der Waals surface area contributed by atoms with Crippen LogP contribution in [0.5, 0.6) is 11.5 Å². The summed E-state index contributed by atoms with van der Waals surface area (Å²) < 4.78 is 10.4. The molecule has 1 fully saturated rings. The minimum absolute atomic E-state index is 0.0167. The van der Waals surface area contributed by atoms with Crippen molar-refractivity contribution in [2.24, 2.45) is 0 Å². The summed E-state index contributed by atoms with van der Waals surface area (Å²) in [4.78, 5) is 14.6. The van der Waals surface area contributed by atoms with Crippen molar-refractivity contribution < 1.29 is 14.3 Å². The standard InChI is InChI=1S/C15H22N2O3/c1-10-9-17(11(2)8-16-10)15(18)12-5-13(19-3)7-14(6-12)20-4/h5-7,10-11,16H,8-9H2,1-4H3. The quantitative estimate of drug-likeness (QED) is 0.911. The molecule has 2 atom stereocenters. The van der Waals surface area contributed by atoms with Gasteiger partial charge in [0.15, 0.2) is 0 Å². The zero-order chi connectivity index (χ0) is 14.7. The van der Waals surface area contributed by atoms with Crippen LogP contribution in [0.1, 0.15) is 24.2 Å². The molecule has 0 aliphatic carbocycles. The number of carbonyl (C=O) groups is 1. The Balaban J connectivity index is 2.27. The SMILES string of the molecule is COc1cc(OC)cc(C(=O)N2CC(C)NCC2C)c1. The van der Waals surface area contributed by atoms with E-state index in [0.29, 0.717) is 29.6 Å². The number of methoxy groups -OCH3 is 2. The summed E-state index contributed by atoms with van der Waals surface area (Å²) in [5, 5.41) is 3.37. The van der Waals surface area contributed by atoms with Crippen molar-refractivity contribution in [3.05, 3.63) is 23.8 Å².